The van der Waals surface area contributed by atoms with Crippen LogP contribution in [0.25, 0.3) is 0 Å². The molecule has 0 spiro atoms. The highest BCUT2D eigenvalue weighted by Gasteiger charge is 1.94. The van der Waals surface area contributed by atoms with Gasteiger partial charge in [0.15, 0.2) is 0 Å². The van der Waals surface area contributed by atoms with E-state index in [9.17, 15) is 0 Å². The van der Waals surface area contributed by atoms with Gasteiger partial charge in [-0.1, -0.05) is 38.8 Å². The zero-order valence-corrected chi connectivity index (χ0v) is 7.78. The van der Waals surface area contributed by atoms with Gasteiger partial charge in [-0.3, -0.25) is 0 Å². The van der Waals surface area contributed by atoms with E-state index >= 15 is 0 Å². The van der Waals surface area contributed by atoms with Crippen LogP contribution in [0, 0.1) is 5.92 Å². The second kappa shape index (κ2) is 5.52. The summed E-state index contributed by atoms with van der Waals surface area (Å²) in [5, 5.41) is 0. The first kappa shape index (κ1) is 9.74. The third kappa shape index (κ3) is 4.60. The van der Waals surface area contributed by atoms with Crippen LogP contribution in [0.5, 0.6) is 0 Å². The first-order chi connectivity index (χ1) is 4.70. The Bertz CT molecular complexity index is 101. The Hall–Kier alpha value is -0.260. The molecule has 0 nitrogen and oxygen atoms in total. The van der Waals surface area contributed by atoms with Crippen LogP contribution in [-0.4, -0.2) is 0 Å². The molecule has 1 unspecified atom stereocenters. The van der Waals surface area contributed by atoms with E-state index in [1.54, 1.807) is 0 Å². The second-order valence-corrected chi connectivity index (χ2v) is 3.15. The van der Waals surface area contributed by atoms with Gasteiger partial charge in [0.2, 0.25) is 0 Å². The molecule has 0 rings (SSSR count). The summed E-state index contributed by atoms with van der Waals surface area (Å²) in [5.74, 6) is 0.862. The lowest BCUT2D eigenvalue weighted by Gasteiger charge is -2.03. The van der Waals surface area contributed by atoms with Gasteiger partial charge in [-0.05, 0) is 25.7 Å². The topological polar surface area (TPSA) is 0 Å². The molecule has 0 aliphatic heterocycles. The SMILES string of the molecule is CC/C(C)=C/CC(C)CC. The Labute approximate surface area is 65.3 Å². The van der Waals surface area contributed by atoms with E-state index in [1.165, 1.54) is 24.8 Å². The number of hydrogen-bond acceptors (Lipinski definition) is 0. The monoisotopic (exact) mass is 140 g/mol. The van der Waals surface area contributed by atoms with Crippen molar-refractivity contribution in [3.05, 3.63) is 11.6 Å². The van der Waals surface area contributed by atoms with Gasteiger partial charge in [0.05, 0.1) is 0 Å². The van der Waals surface area contributed by atoms with Crippen LogP contribution in [0.2, 0.25) is 0 Å². The minimum atomic E-state index is 0.862. The van der Waals surface area contributed by atoms with Crippen molar-refractivity contribution in [2.24, 2.45) is 5.92 Å². The van der Waals surface area contributed by atoms with Gasteiger partial charge in [0, 0.05) is 0 Å². The first-order valence-electron chi connectivity index (χ1n) is 4.36. The van der Waals surface area contributed by atoms with Crippen molar-refractivity contribution in [1.29, 1.82) is 0 Å². The molecule has 1 atom stereocenters. The smallest absolute Gasteiger partial charge is 0.0322 e. The number of allylic oxidation sites excluding steroid dienone is 2. The molecular weight excluding hydrogens is 120 g/mol. The summed E-state index contributed by atoms with van der Waals surface area (Å²) in [7, 11) is 0. The Morgan fingerprint density at radius 3 is 2.40 bits per heavy atom. The third-order valence-corrected chi connectivity index (χ3v) is 2.12. The van der Waals surface area contributed by atoms with Crippen LogP contribution in [0.3, 0.4) is 0 Å². The fourth-order valence-electron chi connectivity index (χ4n) is 0.713. The summed E-state index contributed by atoms with van der Waals surface area (Å²) < 4.78 is 0. The molecule has 0 fully saturated rings. The zero-order chi connectivity index (χ0) is 7.98. The summed E-state index contributed by atoms with van der Waals surface area (Å²) in [6, 6.07) is 0. The van der Waals surface area contributed by atoms with Gasteiger partial charge in [-0.15, -0.1) is 0 Å². The maximum absolute atomic E-state index is 2.37. The largest absolute Gasteiger partial charge is 0.0854 e. The molecule has 10 heavy (non-hydrogen) atoms. The molecule has 0 aliphatic carbocycles. The van der Waals surface area contributed by atoms with Crippen molar-refractivity contribution in [2.45, 2.75) is 47.0 Å². The molecule has 0 N–H and O–H groups in total. The van der Waals surface area contributed by atoms with Gasteiger partial charge >= 0.3 is 0 Å². The van der Waals surface area contributed by atoms with Crippen molar-refractivity contribution >= 4 is 0 Å². The minimum Gasteiger partial charge on any atom is -0.0854 e. The number of hydrogen-bond donors (Lipinski definition) is 0. The first-order valence-corrected chi connectivity index (χ1v) is 4.36. The zero-order valence-electron chi connectivity index (χ0n) is 7.78. The molecule has 0 aromatic rings. The van der Waals surface area contributed by atoms with Gasteiger partial charge in [0.1, 0.15) is 0 Å². The summed E-state index contributed by atoms with van der Waals surface area (Å²) in [6.45, 7) is 8.98. The second-order valence-electron chi connectivity index (χ2n) is 3.15. The summed E-state index contributed by atoms with van der Waals surface area (Å²) >= 11 is 0. The Balaban J connectivity index is 3.50. The van der Waals surface area contributed by atoms with Crippen LogP contribution in [0.15, 0.2) is 11.6 Å². The van der Waals surface area contributed by atoms with Crippen LogP contribution in [-0.2, 0) is 0 Å². The lowest BCUT2D eigenvalue weighted by molar-refractivity contribution is 0.570. The molecule has 0 radical (unpaired) electrons. The van der Waals surface area contributed by atoms with Crippen LogP contribution >= 0.6 is 0 Å². The van der Waals surface area contributed by atoms with Crippen LogP contribution in [0.1, 0.15) is 47.0 Å². The quantitative estimate of drug-likeness (QED) is 0.521. The van der Waals surface area contributed by atoms with Crippen LogP contribution < -0.4 is 0 Å². The lowest BCUT2D eigenvalue weighted by Crippen LogP contribution is -1.88. The maximum Gasteiger partial charge on any atom is -0.0322 e. The highest BCUT2D eigenvalue weighted by atomic mass is 14.0. The van der Waals surface area contributed by atoms with E-state index in [2.05, 4.69) is 33.8 Å². The van der Waals surface area contributed by atoms with E-state index < -0.39 is 0 Å². The van der Waals surface area contributed by atoms with Crippen molar-refractivity contribution in [3.8, 4) is 0 Å². The molecule has 0 saturated carbocycles. The van der Waals surface area contributed by atoms with E-state index in [0.29, 0.717) is 0 Å². The van der Waals surface area contributed by atoms with Gasteiger partial charge in [-0.25, -0.2) is 0 Å². The van der Waals surface area contributed by atoms with Gasteiger partial charge in [-0.2, -0.15) is 0 Å². The van der Waals surface area contributed by atoms with Gasteiger partial charge < -0.3 is 0 Å². The summed E-state index contributed by atoms with van der Waals surface area (Å²) in [6.07, 6.45) is 6.13. The molecule has 0 saturated heterocycles. The van der Waals surface area contributed by atoms with E-state index in [0.717, 1.165) is 5.92 Å². The van der Waals surface area contributed by atoms with Crippen LogP contribution in [0.4, 0.5) is 0 Å². The Morgan fingerprint density at radius 1 is 1.40 bits per heavy atom. The minimum absolute atomic E-state index is 0.862. The maximum atomic E-state index is 2.37. The van der Waals surface area contributed by atoms with Crippen molar-refractivity contribution in [3.63, 3.8) is 0 Å². The van der Waals surface area contributed by atoms with E-state index in [-0.39, 0.29) is 0 Å². The van der Waals surface area contributed by atoms with Crippen molar-refractivity contribution < 1.29 is 0 Å². The number of rotatable bonds is 4. The van der Waals surface area contributed by atoms with Crippen molar-refractivity contribution in [1.82, 2.24) is 0 Å². The lowest BCUT2D eigenvalue weighted by atomic mass is 10.0. The average Bonchev–Trinajstić information content (AvgIpc) is 1.99. The summed E-state index contributed by atoms with van der Waals surface area (Å²) in [5.41, 5.74) is 1.53. The third-order valence-electron chi connectivity index (χ3n) is 2.12. The highest BCUT2D eigenvalue weighted by Crippen LogP contribution is 2.10. The highest BCUT2D eigenvalue weighted by molar-refractivity contribution is 4.96. The molecule has 0 bridgehead atoms. The molecule has 0 heterocycles. The molecule has 0 aromatic carbocycles. The predicted octanol–water partition coefficient (Wildman–Crippen LogP) is 3.78. The molecule has 0 amide bonds. The summed E-state index contributed by atoms with van der Waals surface area (Å²) in [4.78, 5) is 0. The average molecular weight is 140 g/mol. The molecule has 60 valence electrons. The van der Waals surface area contributed by atoms with E-state index in [1.807, 2.05) is 0 Å². The molecule has 0 heteroatoms. The Kier molecular flexibility index (Phi) is 5.38. The predicted molar refractivity (Wildman–Crippen MR) is 48.1 cm³/mol. The fourth-order valence-corrected chi connectivity index (χ4v) is 0.713. The van der Waals surface area contributed by atoms with E-state index in [4.69, 9.17) is 0 Å². The fraction of sp³-hybridized carbons (Fsp3) is 0.800. The molecular formula is C10H20. The molecule has 0 aliphatic rings. The Morgan fingerprint density at radius 2 is 2.00 bits per heavy atom. The van der Waals surface area contributed by atoms with Crippen molar-refractivity contribution in [2.75, 3.05) is 0 Å². The van der Waals surface area contributed by atoms with Gasteiger partial charge in [0.25, 0.3) is 0 Å². The standard InChI is InChI=1S/C10H20/c1-5-9(3)7-8-10(4)6-2/h7,10H,5-6,8H2,1-4H3/b9-7+. The molecule has 0 aromatic heterocycles. The normalized spacial score (nSPS) is 15.4.